The summed E-state index contributed by atoms with van der Waals surface area (Å²) < 4.78 is 0.696. The highest BCUT2D eigenvalue weighted by Gasteiger charge is 2.18. The van der Waals surface area contributed by atoms with E-state index in [0.717, 1.165) is 0 Å². The number of anilines is 1. The highest BCUT2D eigenvalue weighted by molar-refractivity contribution is 9.10. The fourth-order valence-corrected chi connectivity index (χ4v) is 2.45. The minimum atomic E-state index is -0.199. The van der Waals surface area contributed by atoms with Gasteiger partial charge in [0.25, 0.3) is 5.91 Å². The van der Waals surface area contributed by atoms with Gasteiger partial charge in [0.05, 0.1) is 16.8 Å². The van der Waals surface area contributed by atoms with Gasteiger partial charge in [-0.2, -0.15) is 5.26 Å². The zero-order valence-corrected chi connectivity index (χ0v) is 13.1. The van der Waals surface area contributed by atoms with Crippen LogP contribution in [0.25, 0.3) is 0 Å². The molecule has 5 heteroatoms. The van der Waals surface area contributed by atoms with Gasteiger partial charge in [-0.25, -0.2) is 0 Å². The number of carbonyl (C=O) groups is 1. The molecule has 0 unspecified atom stereocenters. The number of nitrogens with zero attached hydrogens (tertiary/aromatic N) is 2. The zero-order chi connectivity index (χ0) is 14.7. The highest BCUT2D eigenvalue weighted by Crippen LogP contribution is 2.25. The lowest BCUT2D eigenvalue weighted by Crippen LogP contribution is -2.27. The molecule has 0 aromatic heterocycles. The smallest absolute Gasteiger partial charge is 0.259 e. The standard InChI is InChI=1S/C15H11BrN2OS/c1-18(14-5-3-2-4-10(14)9-17)15(19)12-8-11(20)6-7-13(12)16/h2-8,20H,1H3. The Morgan fingerprint density at radius 3 is 2.70 bits per heavy atom. The topological polar surface area (TPSA) is 44.1 Å². The Balaban J connectivity index is 2.43. The molecule has 1 amide bonds. The predicted octanol–water partition coefficient (Wildman–Crippen LogP) is 3.89. The van der Waals surface area contributed by atoms with Crippen molar-refractivity contribution in [2.45, 2.75) is 4.90 Å². The summed E-state index contributed by atoms with van der Waals surface area (Å²) in [5.74, 6) is -0.199. The van der Waals surface area contributed by atoms with Crippen molar-refractivity contribution in [1.82, 2.24) is 0 Å². The summed E-state index contributed by atoms with van der Waals surface area (Å²) in [6.45, 7) is 0. The summed E-state index contributed by atoms with van der Waals surface area (Å²) in [5, 5.41) is 9.11. The third-order valence-corrected chi connectivity index (χ3v) is 3.84. The second-order valence-corrected chi connectivity index (χ2v) is 5.53. The molecule has 2 aromatic carbocycles. The van der Waals surface area contributed by atoms with Gasteiger partial charge < -0.3 is 4.90 Å². The summed E-state index contributed by atoms with van der Waals surface area (Å²) >= 11 is 7.61. The predicted molar refractivity (Wildman–Crippen MR) is 85.3 cm³/mol. The van der Waals surface area contributed by atoms with Gasteiger partial charge in [-0.1, -0.05) is 12.1 Å². The molecule has 3 nitrogen and oxygen atoms in total. The number of hydrogen-bond acceptors (Lipinski definition) is 3. The van der Waals surface area contributed by atoms with Gasteiger partial charge in [0.2, 0.25) is 0 Å². The van der Waals surface area contributed by atoms with Gasteiger partial charge >= 0.3 is 0 Å². The van der Waals surface area contributed by atoms with Gasteiger partial charge in [0.1, 0.15) is 6.07 Å². The van der Waals surface area contributed by atoms with E-state index in [0.29, 0.717) is 26.2 Å². The van der Waals surface area contributed by atoms with Crippen molar-refractivity contribution in [3.63, 3.8) is 0 Å². The fraction of sp³-hybridized carbons (Fsp3) is 0.0667. The van der Waals surface area contributed by atoms with Crippen molar-refractivity contribution in [2.75, 3.05) is 11.9 Å². The zero-order valence-electron chi connectivity index (χ0n) is 10.7. The number of para-hydroxylation sites is 1. The van der Waals surface area contributed by atoms with Crippen molar-refractivity contribution < 1.29 is 4.79 Å². The van der Waals surface area contributed by atoms with Crippen LogP contribution in [0.3, 0.4) is 0 Å². The quantitative estimate of drug-likeness (QED) is 0.838. The normalized spacial score (nSPS) is 9.90. The van der Waals surface area contributed by atoms with E-state index in [4.69, 9.17) is 5.26 Å². The summed E-state index contributed by atoms with van der Waals surface area (Å²) in [5.41, 5.74) is 1.55. The van der Waals surface area contributed by atoms with E-state index in [-0.39, 0.29) is 5.91 Å². The van der Waals surface area contributed by atoms with Crippen LogP contribution in [-0.4, -0.2) is 13.0 Å². The average Bonchev–Trinajstić information content (AvgIpc) is 2.48. The Labute approximate surface area is 131 Å². The van der Waals surface area contributed by atoms with Crippen molar-refractivity contribution in [3.8, 4) is 6.07 Å². The van der Waals surface area contributed by atoms with Gasteiger partial charge in [-0.3, -0.25) is 4.79 Å². The number of benzene rings is 2. The van der Waals surface area contributed by atoms with E-state index in [1.54, 1.807) is 49.5 Å². The van der Waals surface area contributed by atoms with E-state index in [1.807, 2.05) is 0 Å². The number of amides is 1. The summed E-state index contributed by atoms with van der Waals surface area (Å²) in [7, 11) is 1.65. The van der Waals surface area contributed by atoms with Crippen molar-refractivity contribution in [3.05, 3.63) is 58.1 Å². The molecule has 0 N–H and O–H groups in total. The van der Waals surface area contributed by atoms with Gasteiger partial charge in [0, 0.05) is 16.4 Å². The first kappa shape index (κ1) is 14.6. The largest absolute Gasteiger partial charge is 0.310 e. The van der Waals surface area contributed by atoms with Crippen molar-refractivity contribution in [1.29, 1.82) is 5.26 Å². The molecule has 2 aromatic rings. The lowest BCUT2D eigenvalue weighted by atomic mass is 10.1. The molecule has 100 valence electrons. The second kappa shape index (κ2) is 6.12. The molecule has 2 rings (SSSR count). The first-order valence-corrected chi connectivity index (χ1v) is 7.04. The summed E-state index contributed by atoms with van der Waals surface area (Å²) in [6, 6.07) is 14.4. The SMILES string of the molecule is CN(C(=O)c1cc(S)ccc1Br)c1ccccc1C#N. The average molecular weight is 347 g/mol. The van der Waals surface area contributed by atoms with Gasteiger partial charge in [-0.15, -0.1) is 12.6 Å². The van der Waals surface area contributed by atoms with Crippen LogP contribution in [0.1, 0.15) is 15.9 Å². The molecule has 0 heterocycles. The van der Waals surface area contributed by atoms with Crippen molar-refractivity contribution in [2.24, 2.45) is 0 Å². The molecule has 0 atom stereocenters. The number of rotatable bonds is 2. The maximum Gasteiger partial charge on any atom is 0.259 e. The molecule has 0 bridgehead atoms. The fourth-order valence-electron chi connectivity index (χ4n) is 1.83. The lowest BCUT2D eigenvalue weighted by Gasteiger charge is -2.19. The first-order valence-electron chi connectivity index (χ1n) is 5.80. The third kappa shape index (κ3) is 2.87. The number of halogens is 1. The Morgan fingerprint density at radius 1 is 1.30 bits per heavy atom. The van der Waals surface area contributed by atoms with Crippen LogP contribution < -0.4 is 4.90 Å². The molecule has 0 saturated carbocycles. The van der Waals surface area contributed by atoms with Crippen LogP contribution in [0.5, 0.6) is 0 Å². The van der Waals surface area contributed by atoms with Crippen LogP contribution in [0, 0.1) is 11.3 Å². The number of hydrogen-bond donors (Lipinski definition) is 1. The lowest BCUT2D eigenvalue weighted by molar-refractivity contribution is 0.0992. The minimum Gasteiger partial charge on any atom is -0.310 e. The van der Waals surface area contributed by atoms with E-state index >= 15 is 0 Å². The molecule has 0 aliphatic carbocycles. The number of carbonyl (C=O) groups excluding carboxylic acids is 1. The summed E-state index contributed by atoms with van der Waals surface area (Å²) in [6.07, 6.45) is 0. The van der Waals surface area contributed by atoms with E-state index < -0.39 is 0 Å². The molecule has 0 saturated heterocycles. The van der Waals surface area contributed by atoms with Crippen LogP contribution in [-0.2, 0) is 0 Å². The van der Waals surface area contributed by atoms with Crippen LogP contribution in [0.15, 0.2) is 51.8 Å². The maximum absolute atomic E-state index is 12.5. The van der Waals surface area contributed by atoms with E-state index in [9.17, 15) is 4.79 Å². The Kier molecular flexibility index (Phi) is 4.48. The maximum atomic E-state index is 12.5. The molecular weight excluding hydrogens is 336 g/mol. The molecule has 0 aliphatic heterocycles. The first-order chi connectivity index (χ1) is 9.54. The van der Waals surface area contributed by atoms with Crippen LogP contribution >= 0.6 is 28.6 Å². The monoisotopic (exact) mass is 346 g/mol. The Morgan fingerprint density at radius 2 is 2.00 bits per heavy atom. The number of nitriles is 1. The Bertz CT molecular complexity index is 709. The van der Waals surface area contributed by atoms with Crippen LogP contribution in [0.2, 0.25) is 0 Å². The molecule has 20 heavy (non-hydrogen) atoms. The molecule has 0 spiro atoms. The Hall–Kier alpha value is -1.77. The van der Waals surface area contributed by atoms with Gasteiger partial charge in [0.15, 0.2) is 0 Å². The summed E-state index contributed by atoms with van der Waals surface area (Å²) in [4.78, 5) is 14.7. The highest BCUT2D eigenvalue weighted by atomic mass is 79.9. The van der Waals surface area contributed by atoms with Crippen LogP contribution in [0.4, 0.5) is 5.69 Å². The molecule has 0 fully saturated rings. The molecule has 0 radical (unpaired) electrons. The molecule has 0 aliphatic rings. The molecular formula is C15H11BrN2OS. The van der Waals surface area contributed by atoms with E-state index in [2.05, 4.69) is 34.6 Å². The van der Waals surface area contributed by atoms with Gasteiger partial charge in [-0.05, 0) is 46.3 Å². The van der Waals surface area contributed by atoms with Crippen molar-refractivity contribution >= 4 is 40.2 Å². The minimum absolute atomic E-state index is 0.199. The second-order valence-electron chi connectivity index (χ2n) is 4.16. The van der Waals surface area contributed by atoms with E-state index in [1.165, 1.54) is 4.90 Å². The third-order valence-electron chi connectivity index (χ3n) is 2.87. The number of thiol groups is 1.